The van der Waals surface area contributed by atoms with Gasteiger partial charge >= 0.3 is 6.18 Å². The molecule has 0 unspecified atom stereocenters. The van der Waals surface area contributed by atoms with Crippen LogP contribution in [0.5, 0.6) is 0 Å². The van der Waals surface area contributed by atoms with Crippen LogP contribution in [0.3, 0.4) is 0 Å². The monoisotopic (exact) mass is 709 g/mol. The second-order valence-corrected chi connectivity index (χ2v) is 14.6. The van der Waals surface area contributed by atoms with E-state index in [-0.39, 0.29) is 35.9 Å². The van der Waals surface area contributed by atoms with E-state index in [0.717, 1.165) is 30.5 Å². The van der Waals surface area contributed by atoms with Crippen molar-refractivity contribution in [3.63, 3.8) is 0 Å². The van der Waals surface area contributed by atoms with Gasteiger partial charge in [-0.1, -0.05) is 49.7 Å². The van der Waals surface area contributed by atoms with Crippen molar-refractivity contribution in [2.24, 2.45) is 0 Å². The van der Waals surface area contributed by atoms with E-state index < -0.39 is 27.8 Å². The number of hydrogen-bond acceptors (Lipinski definition) is 7. The minimum Gasteiger partial charge on any atom is -0.366 e. The molecule has 3 heterocycles. The molecule has 1 aromatic heterocycles. The van der Waals surface area contributed by atoms with Crippen LogP contribution in [0.1, 0.15) is 49.4 Å². The highest BCUT2D eigenvalue weighted by atomic mass is 32.2. The van der Waals surface area contributed by atoms with Crippen LogP contribution in [0.25, 0.3) is 11.3 Å². The Bertz CT molecular complexity index is 1910. The molecule has 0 N–H and O–H groups in total. The zero-order chi connectivity index (χ0) is 35.5. The van der Waals surface area contributed by atoms with Crippen molar-refractivity contribution in [1.29, 1.82) is 0 Å². The third-order valence-corrected chi connectivity index (χ3v) is 11.2. The number of alkyl halides is 3. The number of sulfonamides is 1. The van der Waals surface area contributed by atoms with Gasteiger partial charge in [-0.05, 0) is 73.7 Å². The van der Waals surface area contributed by atoms with E-state index in [4.69, 9.17) is 9.97 Å². The maximum atomic E-state index is 14.5. The fourth-order valence-corrected chi connectivity index (χ4v) is 8.28. The fourth-order valence-electron chi connectivity index (χ4n) is 6.61. The average molecular weight is 710 g/mol. The number of rotatable bonds is 11. The molecule has 3 aromatic carbocycles. The first-order valence-corrected chi connectivity index (χ1v) is 18.3. The van der Waals surface area contributed by atoms with Gasteiger partial charge < -0.3 is 9.80 Å². The summed E-state index contributed by atoms with van der Waals surface area (Å²) in [5.41, 5.74) is 2.14. The van der Waals surface area contributed by atoms with Crippen molar-refractivity contribution < 1.29 is 30.8 Å². The number of nitrogens with zero attached hydrogens (tertiary/aromatic N) is 5. The lowest BCUT2D eigenvalue weighted by molar-refractivity contribution is -0.137. The average Bonchev–Trinajstić information content (AvgIpc) is 3.63. The van der Waals surface area contributed by atoms with Gasteiger partial charge in [0, 0.05) is 50.4 Å². The van der Waals surface area contributed by atoms with Gasteiger partial charge in [0.1, 0.15) is 5.82 Å². The summed E-state index contributed by atoms with van der Waals surface area (Å²) < 4.78 is 82.8. The highest BCUT2D eigenvalue weighted by Gasteiger charge is 2.39. The minimum atomic E-state index is -4.49. The van der Waals surface area contributed by atoms with Crippen molar-refractivity contribution in [3.8, 4) is 11.3 Å². The molecule has 0 bridgehead atoms. The molecule has 264 valence electrons. The van der Waals surface area contributed by atoms with Crippen LogP contribution >= 0.6 is 0 Å². The molecule has 13 heteroatoms. The van der Waals surface area contributed by atoms with Gasteiger partial charge in [0.2, 0.25) is 16.0 Å². The van der Waals surface area contributed by atoms with Crippen LogP contribution in [-0.4, -0.2) is 67.2 Å². The predicted octanol–water partition coefficient (Wildman–Crippen LogP) is 6.94. The lowest BCUT2D eigenvalue weighted by atomic mass is 10.0. The maximum Gasteiger partial charge on any atom is 0.416 e. The third kappa shape index (κ3) is 7.83. The van der Waals surface area contributed by atoms with Crippen molar-refractivity contribution in [2.45, 2.75) is 62.6 Å². The van der Waals surface area contributed by atoms with Crippen LogP contribution in [0, 0.1) is 5.82 Å². The third-order valence-electron chi connectivity index (χ3n) is 9.30. The predicted molar refractivity (Wildman–Crippen MR) is 184 cm³/mol. The van der Waals surface area contributed by atoms with E-state index in [1.54, 1.807) is 36.4 Å². The Hall–Kier alpha value is -4.36. The number of aromatic nitrogens is 2. The summed E-state index contributed by atoms with van der Waals surface area (Å²) in [6, 6.07) is 19.0. The van der Waals surface area contributed by atoms with Crippen molar-refractivity contribution >= 4 is 27.4 Å². The Morgan fingerprint density at radius 1 is 0.860 bits per heavy atom. The van der Waals surface area contributed by atoms with Crippen molar-refractivity contribution in [1.82, 2.24) is 14.3 Å². The van der Waals surface area contributed by atoms with E-state index in [1.807, 2.05) is 21.9 Å². The number of anilines is 2. The van der Waals surface area contributed by atoms with Gasteiger partial charge in [-0.15, -0.1) is 0 Å². The summed E-state index contributed by atoms with van der Waals surface area (Å²) in [5.74, 6) is -0.176. The number of aryl methyl sites for hydroxylation is 2. The highest BCUT2D eigenvalue weighted by Crippen LogP contribution is 2.32. The normalized spacial score (nSPS) is 17.3. The maximum absolute atomic E-state index is 14.5. The zero-order valence-corrected chi connectivity index (χ0v) is 28.6. The van der Waals surface area contributed by atoms with Crippen LogP contribution in [0.4, 0.5) is 29.2 Å². The molecule has 0 spiro atoms. The molecular weight excluding hydrogens is 670 g/mol. The molecule has 2 aliphatic rings. The van der Waals surface area contributed by atoms with Crippen LogP contribution in [-0.2, 0) is 33.8 Å². The Balaban J connectivity index is 1.21. The number of Topliss-reactive ketones (excluding diaryl/α,β-unsaturated/α-hetero) is 1. The van der Waals surface area contributed by atoms with Gasteiger partial charge in [-0.25, -0.2) is 22.8 Å². The van der Waals surface area contributed by atoms with Crippen LogP contribution in [0.15, 0.2) is 83.8 Å². The number of ketones is 1. The standard InChI is InChI=1S/C37H39F4N5O3S/c1-2-6-26-10-17-30(18-11-26)50(48,49)46-20-5-9-34(46)35(47)19-16-29-25-32(27-12-14-28(15-13-27)37(39,40)41)43-36(42-29)45-23-21-44(22-24-45)33-8-4-3-7-31(33)38/h3-4,7-8,10-15,17-18,25,34H,2,5-6,9,16,19-24H2,1H3/t34-/m0/s1. The number of carbonyl (C=O) groups excluding carboxylic acids is 1. The van der Waals surface area contributed by atoms with Crippen LogP contribution < -0.4 is 9.80 Å². The summed E-state index contributed by atoms with van der Waals surface area (Å²) in [5, 5.41) is 0. The van der Waals surface area contributed by atoms with E-state index in [9.17, 15) is 30.8 Å². The summed E-state index contributed by atoms with van der Waals surface area (Å²) in [4.78, 5) is 27.1. The molecule has 50 heavy (non-hydrogen) atoms. The Morgan fingerprint density at radius 3 is 2.20 bits per heavy atom. The quantitative estimate of drug-likeness (QED) is 0.156. The van der Waals surface area contributed by atoms with Crippen LogP contribution in [0.2, 0.25) is 0 Å². The van der Waals surface area contributed by atoms with Gasteiger partial charge in [0.15, 0.2) is 5.78 Å². The molecular formula is C37H39F4N5O3S. The number of para-hydroxylation sites is 1. The molecule has 2 saturated heterocycles. The molecule has 0 saturated carbocycles. The van der Waals surface area contributed by atoms with Crippen molar-refractivity contribution in [2.75, 3.05) is 42.5 Å². The molecule has 0 aliphatic carbocycles. The Morgan fingerprint density at radius 2 is 1.54 bits per heavy atom. The SMILES string of the molecule is CCCc1ccc(S(=O)(=O)N2CCC[C@H]2C(=O)CCc2cc(-c3ccc(C(F)(F)F)cc3)nc(N3CCN(c4ccccc4F)CC3)n2)cc1. The molecule has 0 radical (unpaired) electrons. The van der Waals surface area contributed by atoms with Gasteiger partial charge in [-0.2, -0.15) is 17.5 Å². The minimum absolute atomic E-state index is 0.0239. The lowest BCUT2D eigenvalue weighted by Gasteiger charge is -2.36. The summed E-state index contributed by atoms with van der Waals surface area (Å²) >= 11 is 0. The second kappa shape index (κ2) is 14.9. The molecule has 4 aromatic rings. The van der Waals surface area contributed by atoms with E-state index >= 15 is 0 Å². The highest BCUT2D eigenvalue weighted by molar-refractivity contribution is 7.89. The number of carbonyl (C=O) groups is 1. The second-order valence-electron chi connectivity index (χ2n) is 12.7. The van der Waals surface area contributed by atoms with Crippen molar-refractivity contribution in [3.05, 3.63) is 102 Å². The number of benzene rings is 3. The molecule has 1 atom stereocenters. The Kier molecular flexibility index (Phi) is 10.5. The van der Waals surface area contributed by atoms with E-state index in [1.165, 1.54) is 22.5 Å². The molecule has 0 amide bonds. The van der Waals surface area contributed by atoms with Gasteiger partial charge in [-0.3, -0.25) is 4.79 Å². The summed E-state index contributed by atoms with van der Waals surface area (Å²) in [7, 11) is -3.88. The first-order chi connectivity index (χ1) is 23.9. The Labute approximate surface area is 289 Å². The van der Waals surface area contributed by atoms with E-state index in [2.05, 4.69) is 6.92 Å². The molecule has 8 nitrogen and oxygen atoms in total. The summed E-state index contributed by atoms with van der Waals surface area (Å²) in [6.07, 6.45) is -1.49. The van der Waals surface area contributed by atoms with Gasteiger partial charge in [0.05, 0.1) is 27.9 Å². The largest absolute Gasteiger partial charge is 0.416 e. The molecule has 2 aliphatic heterocycles. The fraction of sp³-hybridized carbons (Fsp3) is 0.378. The first-order valence-electron chi connectivity index (χ1n) is 16.9. The smallest absolute Gasteiger partial charge is 0.366 e. The summed E-state index contributed by atoms with van der Waals surface area (Å²) in [6.45, 7) is 4.24. The zero-order valence-electron chi connectivity index (χ0n) is 27.7. The topological polar surface area (TPSA) is 86.7 Å². The van der Waals surface area contributed by atoms with E-state index in [0.29, 0.717) is 67.6 Å². The lowest BCUT2D eigenvalue weighted by Crippen LogP contribution is -2.47. The molecule has 6 rings (SSSR count). The molecule has 2 fully saturated rings. The number of piperazine rings is 1. The number of hydrogen-bond donors (Lipinski definition) is 0. The van der Waals surface area contributed by atoms with Gasteiger partial charge in [0.25, 0.3) is 0 Å². The number of halogens is 4. The first kappa shape index (κ1) is 35.5.